The predicted octanol–water partition coefficient (Wildman–Crippen LogP) is 3.97. The molecule has 0 amide bonds. The number of ketones is 1. The smallest absolute Gasteiger partial charge is 0.287 e. The largest absolute Gasteiger partial charge is 0.479 e. The number of nitro benzene ring substituents is 1. The molecular formula is C19H19BrN2O4. The molecule has 0 aliphatic carbocycles. The Bertz CT molecular complexity index is 852. The maximum absolute atomic E-state index is 12.8. The average Bonchev–Trinajstić information content (AvgIpc) is 2.59. The molecule has 136 valence electrons. The Morgan fingerprint density at radius 3 is 2.62 bits per heavy atom. The van der Waals surface area contributed by atoms with Gasteiger partial charge in [-0.25, -0.2) is 0 Å². The van der Waals surface area contributed by atoms with Gasteiger partial charge in [0.15, 0.2) is 11.4 Å². The lowest BCUT2D eigenvalue weighted by molar-refractivity contribution is -0.385. The Balaban J connectivity index is 1.88. The van der Waals surface area contributed by atoms with Crippen molar-refractivity contribution in [3.63, 3.8) is 0 Å². The zero-order valence-corrected chi connectivity index (χ0v) is 16.1. The summed E-state index contributed by atoms with van der Waals surface area (Å²) >= 11 is 3.22. The summed E-state index contributed by atoms with van der Waals surface area (Å²) in [6.45, 7) is 3.96. The third-order valence-electron chi connectivity index (χ3n) is 4.41. The highest BCUT2D eigenvalue weighted by atomic mass is 79.9. The van der Waals surface area contributed by atoms with Crippen molar-refractivity contribution in [2.75, 3.05) is 6.54 Å². The van der Waals surface area contributed by atoms with E-state index in [0.717, 1.165) is 6.42 Å². The number of hydrogen-bond donors (Lipinski definition) is 1. The van der Waals surface area contributed by atoms with E-state index in [4.69, 9.17) is 4.74 Å². The van der Waals surface area contributed by atoms with E-state index >= 15 is 0 Å². The molecule has 0 bridgehead atoms. The number of carbonyl (C=O) groups is 1. The summed E-state index contributed by atoms with van der Waals surface area (Å²) in [6, 6.07) is 12.4. The first kappa shape index (κ1) is 18.5. The molecule has 0 spiro atoms. The van der Waals surface area contributed by atoms with Gasteiger partial charge in [0.1, 0.15) is 5.75 Å². The van der Waals surface area contributed by atoms with Crippen LogP contribution in [0.25, 0.3) is 0 Å². The minimum Gasteiger partial charge on any atom is -0.479 e. The Morgan fingerprint density at radius 2 is 1.96 bits per heavy atom. The maximum Gasteiger partial charge on any atom is 0.287 e. The SMILES string of the molecule is CC1(C)Oc2cc([N+](=O)[O-])c(Br)cc2C(NCCc2ccccc2)C1=O. The van der Waals surface area contributed by atoms with Crippen molar-refractivity contribution in [2.45, 2.75) is 31.9 Å². The molecule has 0 radical (unpaired) electrons. The topological polar surface area (TPSA) is 81.5 Å². The molecule has 0 fully saturated rings. The first-order valence-electron chi connectivity index (χ1n) is 8.28. The Hall–Kier alpha value is -2.25. The highest BCUT2D eigenvalue weighted by Gasteiger charge is 2.43. The molecule has 7 heteroatoms. The maximum atomic E-state index is 12.8. The van der Waals surface area contributed by atoms with E-state index in [-0.39, 0.29) is 11.5 Å². The minimum absolute atomic E-state index is 0.0862. The highest BCUT2D eigenvalue weighted by molar-refractivity contribution is 9.10. The Labute approximate surface area is 159 Å². The molecule has 2 aromatic rings. The summed E-state index contributed by atoms with van der Waals surface area (Å²) in [4.78, 5) is 23.5. The summed E-state index contributed by atoms with van der Waals surface area (Å²) in [5.74, 6) is 0.264. The molecule has 6 nitrogen and oxygen atoms in total. The number of rotatable bonds is 5. The normalized spacial score (nSPS) is 18.1. The molecule has 1 aliphatic heterocycles. The summed E-state index contributed by atoms with van der Waals surface area (Å²) in [7, 11) is 0. The van der Waals surface area contributed by atoms with Gasteiger partial charge in [0, 0.05) is 12.1 Å². The molecule has 3 rings (SSSR count). The van der Waals surface area contributed by atoms with E-state index in [1.54, 1.807) is 19.9 Å². The lowest BCUT2D eigenvalue weighted by Gasteiger charge is -2.36. The van der Waals surface area contributed by atoms with Crippen LogP contribution in [-0.2, 0) is 11.2 Å². The molecular weight excluding hydrogens is 400 g/mol. The van der Waals surface area contributed by atoms with Gasteiger partial charge in [-0.05, 0) is 47.8 Å². The van der Waals surface area contributed by atoms with Gasteiger partial charge in [-0.1, -0.05) is 30.3 Å². The number of nitrogens with zero attached hydrogens (tertiary/aromatic N) is 1. The lowest BCUT2D eigenvalue weighted by Crippen LogP contribution is -2.49. The summed E-state index contributed by atoms with van der Waals surface area (Å²) in [6.07, 6.45) is 0.773. The van der Waals surface area contributed by atoms with Crippen LogP contribution in [0.5, 0.6) is 5.75 Å². The fourth-order valence-electron chi connectivity index (χ4n) is 3.03. The van der Waals surface area contributed by atoms with Crippen molar-refractivity contribution in [3.05, 3.63) is 68.2 Å². The zero-order valence-electron chi connectivity index (χ0n) is 14.5. The molecule has 0 saturated carbocycles. The van der Waals surface area contributed by atoms with Gasteiger partial charge in [-0.2, -0.15) is 0 Å². The number of ether oxygens (including phenoxy) is 1. The summed E-state index contributed by atoms with van der Waals surface area (Å²) in [5.41, 5.74) is 0.639. The number of halogens is 1. The Kier molecular flexibility index (Phi) is 5.11. The molecule has 2 aromatic carbocycles. The van der Waals surface area contributed by atoms with Gasteiger partial charge in [0.2, 0.25) is 0 Å². The molecule has 1 N–H and O–H groups in total. The van der Waals surface area contributed by atoms with E-state index in [1.807, 2.05) is 30.3 Å². The minimum atomic E-state index is -1.06. The summed E-state index contributed by atoms with van der Waals surface area (Å²) in [5, 5.41) is 14.5. The van der Waals surface area contributed by atoms with E-state index in [9.17, 15) is 14.9 Å². The van der Waals surface area contributed by atoms with Crippen LogP contribution in [0, 0.1) is 10.1 Å². The van der Waals surface area contributed by atoms with E-state index in [0.29, 0.717) is 22.3 Å². The van der Waals surface area contributed by atoms with Crippen LogP contribution < -0.4 is 10.1 Å². The molecule has 26 heavy (non-hydrogen) atoms. The molecule has 1 heterocycles. The Morgan fingerprint density at radius 1 is 1.27 bits per heavy atom. The quantitative estimate of drug-likeness (QED) is 0.586. The monoisotopic (exact) mass is 418 g/mol. The third-order valence-corrected chi connectivity index (χ3v) is 5.05. The highest BCUT2D eigenvalue weighted by Crippen LogP contribution is 2.42. The van der Waals surface area contributed by atoms with Gasteiger partial charge in [-0.3, -0.25) is 14.9 Å². The molecule has 0 aromatic heterocycles. The van der Waals surface area contributed by atoms with Gasteiger partial charge >= 0.3 is 0 Å². The van der Waals surface area contributed by atoms with Crippen molar-refractivity contribution in [3.8, 4) is 5.75 Å². The fraction of sp³-hybridized carbons (Fsp3) is 0.316. The van der Waals surface area contributed by atoms with E-state index in [1.165, 1.54) is 11.6 Å². The zero-order chi connectivity index (χ0) is 18.9. The van der Waals surface area contributed by atoms with Gasteiger partial charge in [0.05, 0.1) is 21.5 Å². The van der Waals surface area contributed by atoms with Crippen LogP contribution in [0.1, 0.15) is 31.0 Å². The fourth-order valence-corrected chi connectivity index (χ4v) is 3.54. The number of benzene rings is 2. The van der Waals surface area contributed by atoms with Crippen LogP contribution in [0.2, 0.25) is 0 Å². The van der Waals surface area contributed by atoms with Crippen LogP contribution in [0.3, 0.4) is 0 Å². The number of nitro groups is 1. The van der Waals surface area contributed by atoms with Crippen LogP contribution >= 0.6 is 15.9 Å². The van der Waals surface area contributed by atoms with Crippen molar-refractivity contribution in [1.29, 1.82) is 0 Å². The first-order valence-corrected chi connectivity index (χ1v) is 9.07. The second-order valence-corrected chi connectivity index (χ2v) is 7.55. The van der Waals surface area contributed by atoms with Crippen molar-refractivity contribution in [1.82, 2.24) is 5.32 Å². The molecule has 0 saturated heterocycles. The van der Waals surface area contributed by atoms with Gasteiger partial charge < -0.3 is 10.1 Å². The first-order chi connectivity index (χ1) is 12.3. The number of nitrogens with one attached hydrogen (secondary N) is 1. The van der Waals surface area contributed by atoms with Crippen LogP contribution in [-0.4, -0.2) is 22.9 Å². The molecule has 1 aliphatic rings. The van der Waals surface area contributed by atoms with E-state index in [2.05, 4.69) is 21.2 Å². The van der Waals surface area contributed by atoms with Crippen LogP contribution in [0.4, 0.5) is 5.69 Å². The molecule has 1 unspecified atom stereocenters. The second-order valence-electron chi connectivity index (χ2n) is 6.70. The third kappa shape index (κ3) is 3.64. The van der Waals surface area contributed by atoms with Crippen molar-refractivity contribution < 1.29 is 14.5 Å². The summed E-state index contributed by atoms with van der Waals surface area (Å²) < 4.78 is 6.08. The number of carbonyl (C=O) groups excluding carboxylic acids is 1. The standard InChI is InChI=1S/C19H19BrN2O4/c1-19(2)18(23)17(21-9-8-12-6-4-3-5-7-12)13-10-14(20)15(22(24)25)11-16(13)26-19/h3-7,10-11,17,21H,8-9H2,1-2H3. The van der Waals surface area contributed by atoms with Gasteiger partial charge in [0.25, 0.3) is 5.69 Å². The molecule has 1 atom stereocenters. The second kappa shape index (κ2) is 7.17. The lowest BCUT2D eigenvalue weighted by atomic mass is 9.88. The van der Waals surface area contributed by atoms with Crippen LogP contribution in [0.15, 0.2) is 46.9 Å². The number of Topliss-reactive ketones (excluding diaryl/α,β-unsaturated/α-hetero) is 1. The van der Waals surface area contributed by atoms with E-state index < -0.39 is 16.6 Å². The number of fused-ring (bicyclic) bond motifs is 1. The van der Waals surface area contributed by atoms with Gasteiger partial charge in [-0.15, -0.1) is 0 Å². The van der Waals surface area contributed by atoms with Crippen molar-refractivity contribution in [2.24, 2.45) is 0 Å². The average molecular weight is 419 g/mol. The van der Waals surface area contributed by atoms with Crippen molar-refractivity contribution >= 4 is 27.4 Å². The number of hydrogen-bond acceptors (Lipinski definition) is 5. The predicted molar refractivity (Wildman–Crippen MR) is 101 cm³/mol.